The van der Waals surface area contributed by atoms with Crippen LogP contribution in [0.4, 0.5) is 0 Å². The molecule has 0 amide bonds. The van der Waals surface area contributed by atoms with Gasteiger partial charge in [0.25, 0.3) is 0 Å². The van der Waals surface area contributed by atoms with Crippen LogP contribution >= 0.6 is 11.3 Å². The van der Waals surface area contributed by atoms with Gasteiger partial charge in [0.1, 0.15) is 0 Å². The third kappa shape index (κ3) is 4.82. The van der Waals surface area contributed by atoms with Gasteiger partial charge >= 0.3 is 5.97 Å². The lowest BCUT2D eigenvalue weighted by Gasteiger charge is -2.27. The molecule has 1 aromatic rings. The van der Waals surface area contributed by atoms with E-state index in [1.807, 2.05) is 11.3 Å². The summed E-state index contributed by atoms with van der Waals surface area (Å²) in [6, 6.07) is 4.69. The lowest BCUT2D eigenvalue weighted by atomic mass is 9.99. The Morgan fingerprint density at radius 3 is 2.81 bits per heavy atom. The number of carbonyl (C=O) groups is 1. The number of ether oxygens (including phenoxy) is 1. The van der Waals surface area contributed by atoms with Crippen LogP contribution in [0, 0.1) is 11.8 Å². The van der Waals surface area contributed by atoms with Crippen molar-refractivity contribution in [2.45, 2.75) is 32.7 Å². The van der Waals surface area contributed by atoms with E-state index in [1.54, 1.807) is 0 Å². The molecule has 0 spiro atoms. The molecule has 3 unspecified atom stereocenters. The van der Waals surface area contributed by atoms with E-state index in [1.165, 1.54) is 24.8 Å². The third-order valence-electron chi connectivity index (χ3n) is 5.62. The number of carbonyl (C=O) groups excluding carboxylic acids is 1. The van der Waals surface area contributed by atoms with Gasteiger partial charge in [-0.2, -0.15) is 0 Å². The molecule has 2 aliphatic rings. The van der Waals surface area contributed by atoms with Gasteiger partial charge in [0, 0.05) is 24.5 Å². The van der Waals surface area contributed by atoms with E-state index in [0.717, 1.165) is 38.7 Å². The van der Waals surface area contributed by atoms with Crippen molar-refractivity contribution in [1.82, 2.24) is 15.1 Å². The number of likely N-dealkylation sites (tertiary alicyclic amines) is 2. The number of aliphatic imine (C=N–C) groups is 1. The number of methoxy groups -OCH3 is 1. The van der Waals surface area contributed by atoms with Gasteiger partial charge in [-0.25, -0.2) is 0 Å². The largest absolute Gasteiger partial charge is 0.469 e. The van der Waals surface area contributed by atoms with Crippen LogP contribution in [0.25, 0.3) is 0 Å². The molecule has 0 aromatic carbocycles. The van der Waals surface area contributed by atoms with Crippen LogP contribution in [0.1, 0.15) is 37.6 Å². The molecule has 3 atom stereocenters. The molecule has 27 heavy (non-hydrogen) atoms. The Morgan fingerprint density at radius 2 is 2.19 bits per heavy atom. The molecule has 0 aliphatic carbocycles. The molecular formula is C20H32N4O2S. The lowest BCUT2D eigenvalue weighted by Crippen LogP contribution is -2.41. The van der Waals surface area contributed by atoms with Crippen molar-refractivity contribution in [1.29, 1.82) is 0 Å². The van der Waals surface area contributed by atoms with Crippen molar-refractivity contribution in [3.05, 3.63) is 22.4 Å². The van der Waals surface area contributed by atoms with Crippen LogP contribution in [0.2, 0.25) is 0 Å². The van der Waals surface area contributed by atoms with E-state index in [0.29, 0.717) is 12.6 Å². The Kier molecular flexibility index (Phi) is 7.13. The highest BCUT2D eigenvalue weighted by Crippen LogP contribution is 2.29. The maximum absolute atomic E-state index is 12.0. The number of thiophene rings is 1. The summed E-state index contributed by atoms with van der Waals surface area (Å²) in [5.41, 5.74) is 0. The standard InChI is InChI=1S/C20H32N4O2S/c1-4-21-20(24-13-15(2)16(14-24)19(25)26-3)22-12-17(18-8-7-11-27-18)23-9-5-6-10-23/h7-8,11,15-17H,4-6,9-10,12-14H2,1-3H3,(H,21,22). The molecule has 2 fully saturated rings. The van der Waals surface area contributed by atoms with Gasteiger partial charge in [0.2, 0.25) is 0 Å². The number of hydrogen-bond acceptors (Lipinski definition) is 5. The molecule has 150 valence electrons. The summed E-state index contributed by atoms with van der Waals surface area (Å²) < 4.78 is 4.98. The highest BCUT2D eigenvalue weighted by molar-refractivity contribution is 7.10. The fraction of sp³-hybridized carbons (Fsp3) is 0.700. The second kappa shape index (κ2) is 9.55. The molecule has 3 heterocycles. The molecule has 1 aromatic heterocycles. The average molecular weight is 393 g/mol. The number of rotatable bonds is 6. The van der Waals surface area contributed by atoms with E-state index in [4.69, 9.17) is 9.73 Å². The maximum Gasteiger partial charge on any atom is 0.310 e. The van der Waals surface area contributed by atoms with Crippen LogP contribution < -0.4 is 5.32 Å². The fourth-order valence-electron chi connectivity index (χ4n) is 4.12. The number of guanidine groups is 1. The van der Waals surface area contributed by atoms with Gasteiger partial charge in [-0.3, -0.25) is 14.7 Å². The quantitative estimate of drug-likeness (QED) is 0.458. The Hall–Kier alpha value is -1.60. The highest BCUT2D eigenvalue weighted by Gasteiger charge is 2.37. The van der Waals surface area contributed by atoms with Crippen molar-refractivity contribution in [2.75, 3.05) is 46.4 Å². The minimum Gasteiger partial charge on any atom is -0.469 e. The van der Waals surface area contributed by atoms with E-state index in [-0.39, 0.29) is 17.8 Å². The second-order valence-corrected chi connectivity index (χ2v) is 8.46. The van der Waals surface area contributed by atoms with E-state index in [9.17, 15) is 4.79 Å². The van der Waals surface area contributed by atoms with Gasteiger partial charge in [-0.1, -0.05) is 13.0 Å². The van der Waals surface area contributed by atoms with Gasteiger partial charge in [0.15, 0.2) is 5.96 Å². The van der Waals surface area contributed by atoms with Crippen LogP contribution in [0.5, 0.6) is 0 Å². The highest BCUT2D eigenvalue weighted by atomic mass is 32.1. The first kappa shape index (κ1) is 20.1. The van der Waals surface area contributed by atoms with Crippen LogP contribution in [0.15, 0.2) is 22.5 Å². The zero-order chi connectivity index (χ0) is 19.2. The topological polar surface area (TPSA) is 57.2 Å². The van der Waals surface area contributed by atoms with Gasteiger partial charge in [-0.15, -0.1) is 11.3 Å². The summed E-state index contributed by atoms with van der Waals surface area (Å²) in [7, 11) is 1.47. The summed E-state index contributed by atoms with van der Waals surface area (Å²) in [4.78, 5) is 23.2. The van der Waals surface area contributed by atoms with E-state index >= 15 is 0 Å². The first-order valence-electron chi connectivity index (χ1n) is 10.0. The maximum atomic E-state index is 12.0. The van der Waals surface area contributed by atoms with E-state index in [2.05, 4.69) is 46.5 Å². The van der Waals surface area contributed by atoms with Gasteiger partial charge < -0.3 is 15.0 Å². The van der Waals surface area contributed by atoms with Crippen molar-refractivity contribution < 1.29 is 9.53 Å². The zero-order valence-electron chi connectivity index (χ0n) is 16.7. The number of esters is 1. The van der Waals surface area contributed by atoms with Crippen LogP contribution in [0.3, 0.4) is 0 Å². The zero-order valence-corrected chi connectivity index (χ0v) is 17.5. The predicted octanol–water partition coefficient (Wildman–Crippen LogP) is 2.59. The fourth-order valence-corrected chi connectivity index (χ4v) is 4.97. The van der Waals surface area contributed by atoms with Crippen molar-refractivity contribution in [2.24, 2.45) is 16.8 Å². The first-order valence-corrected chi connectivity index (χ1v) is 10.9. The van der Waals surface area contributed by atoms with Crippen LogP contribution in [-0.4, -0.2) is 68.1 Å². The summed E-state index contributed by atoms with van der Waals surface area (Å²) in [6.45, 7) is 9.58. The third-order valence-corrected chi connectivity index (χ3v) is 6.59. The summed E-state index contributed by atoms with van der Waals surface area (Å²) in [5, 5.41) is 5.57. The Bertz CT molecular complexity index is 628. The summed E-state index contributed by atoms with van der Waals surface area (Å²) in [6.07, 6.45) is 2.55. The smallest absolute Gasteiger partial charge is 0.310 e. The normalized spacial score (nSPS) is 25.0. The Labute approximate surface area is 166 Å². The molecule has 3 rings (SSSR count). The molecule has 2 saturated heterocycles. The summed E-state index contributed by atoms with van der Waals surface area (Å²) in [5.74, 6) is 0.990. The number of nitrogens with one attached hydrogen (secondary N) is 1. The number of nitrogens with zero attached hydrogens (tertiary/aromatic N) is 3. The average Bonchev–Trinajstić information content (AvgIpc) is 3.42. The molecular weight excluding hydrogens is 360 g/mol. The molecule has 7 heteroatoms. The van der Waals surface area contributed by atoms with Gasteiger partial charge in [-0.05, 0) is 50.2 Å². The minimum absolute atomic E-state index is 0.0782. The molecule has 6 nitrogen and oxygen atoms in total. The molecule has 2 aliphatic heterocycles. The number of hydrogen-bond donors (Lipinski definition) is 1. The molecule has 0 bridgehead atoms. The second-order valence-electron chi connectivity index (χ2n) is 7.48. The SMILES string of the molecule is CCNC(=NCC(c1cccs1)N1CCCC1)N1CC(C)C(C(=O)OC)C1. The Morgan fingerprint density at radius 1 is 1.41 bits per heavy atom. The van der Waals surface area contributed by atoms with E-state index < -0.39 is 0 Å². The van der Waals surface area contributed by atoms with Crippen molar-refractivity contribution in [3.63, 3.8) is 0 Å². The Balaban J connectivity index is 1.73. The van der Waals surface area contributed by atoms with Crippen molar-refractivity contribution >= 4 is 23.3 Å². The minimum atomic E-state index is -0.116. The van der Waals surface area contributed by atoms with Crippen LogP contribution in [-0.2, 0) is 9.53 Å². The lowest BCUT2D eigenvalue weighted by molar-refractivity contribution is -0.145. The molecule has 0 saturated carbocycles. The molecule has 0 radical (unpaired) electrons. The molecule has 1 N–H and O–H groups in total. The van der Waals surface area contributed by atoms with Crippen molar-refractivity contribution in [3.8, 4) is 0 Å². The van der Waals surface area contributed by atoms with Gasteiger partial charge in [0.05, 0.1) is 25.6 Å². The predicted molar refractivity (Wildman–Crippen MR) is 110 cm³/mol. The summed E-state index contributed by atoms with van der Waals surface area (Å²) >= 11 is 1.82. The first-order chi connectivity index (χ1) is 13.1. The monoisotopic (exact) mass is 392 g/mol.